The number of rotatable bonds is 5. The van der Waals surface area contributed by atoms with Crippen LogP contribution in [0.2, 0.25) is 0 Å². The SMILES string of the molecule is COCc1ccc(CNC(=O)C2COCCN2)cc1.Cl. The van der Waals surface area contributed by atoms with E-state index >= 15 is 0 Å². The number of ether oxygens (including phenoxy) is 2. The zero-order chi connectivity index (χ0) is 13.5. The summed E-state index contributed by atoms with van der Waals surface area (Å²) >= 11 is 0. The lowest BCUT2D eigenvalue weighted by atomic mass is 10.1. The lowest BCUT2D eigenvalue weighted by molar-refractivity contribution is -0.126. The van der Waals surface area contributed by atoms with E-state index in [-0.39, 0.29) is 24.4 Å². The van der Waals surface area contributed by atoms with Crippen LogP contribution < -0.4 is 10.6 Å². The van der Waals surface area contributed by atoms with Crippen molar-refractivity contribution in [1.29, 1.82) is 0 Å². The lowest BCUT2D eigenvalue weighted by Crippen LogP contribution is -2.51. The van der Waals surface area contributed by atoms with Crippen molar-refractivity contribution in [2.75, 3.05) is 26.9 Å². The van der Waals surface area contributed by atoms with Crippen LogP contribution in [-0.2, 0) is 27.4 Å². The monoisotopic (exact) mass is 300 g/mol. The fourth-order valence-corrected chi connectivity index (χ4v) is 1.97. The summed E-state index contributed by atoms with van der Waals surface area (Å²) in [6, 6.07) is 7.78. The van der Waals surface area contributed by atoms with Crippen LogP contribution in [0.15, 0.2) is 24.3 Å². The Morgan fingerprint density at radius 3 is 2.70 bits per heavy atom. The maximum atomic E-state index is 11.9. The highest BCUT2D eigenvalue weighted by Crippen LogP contribution is 2.05. The summed E-state index contributed by atoms with van der Waals surface area (Å²) < 4.78 is 10.3. The molecule has 20 heavy (non-hydrogen) atoms. The maximum absolute atomic E-state index is 11.9. The first-order chi connectivity index (χ1) is 9.29. The van der Waals surface area contributed by atoms with E-state index in [1.54, 1.807) is 7.11 Å². The third kappa shape index (κ3) is 5.09. The van der Waals surface area contributed by atoms with Gasteiger partial charge in [0.1, 0.15) is 6.04 Å². The van der Waals surface area contributed by atoms with Gasteiger partial charge in [0.25, 0.3) is 0 Å². The molecule has 0 radical (unpaired) electrons. The number of nitrogens with one attached hydrogen (secondary N) is 2. The molecule has 112 valence electrons. The van der Waals surface area contributed by atoms with E-state index in [9.17, 15) is 4.79 Å². The second kappa shape index (κ2) is 8.92. The number of carbonyl (C=O) groups is 1. The highest BCUT2D eigenvalue weighted by Gasteiger charge is 2.20. The van der Waals surface area contributed by atoms with Crippen LogP contribution in [0.1, 0.15) is 11.1 Å². The standard InChI is InChI=1S/C14H20N2O3.ClH/c1-18-9-12-4-2-11(3-5-12)8-16-14(17)13-10-19-7-6-15-13;/h2-5,13,15H,6-10H2,1H3,(H,16,17);1H. The summed E-state index contributed by atoms with van der Waals surface area (Å²) in [5.74, 6) is -0.0133. The van der Waals surface area contributed by atoms with Crippen molar-refractivity contribution in [3.63, 3.8) is 0 Å². The van der Waals surface area contributed by atoms with Crippen LogP contribution in [0.25, 0.3) is 0 Å². The van der Waals surface area contributed by atoms with Crippen molar-refractivity contribution in [3.8, 4) is 0 Å². The molecule has 1 unspecified atom stereocenters. The zero-order valence-electron chi connectivity index (χ0n) is 11.6. The summed E-state index contributed by atoms with van der Waals surface area (Å²) in [6.45, 7) is 2.98. The Morgan fingerprint density at radius 2 is 2.10 bits per heavy atom. The number of methoxy groups -OCH3 is 1. The largest absolute Gasteiger partial charge is 0.380 e. The van der Waals surface area contributed by atoms with Crippen molar-refractivity contribution >= 4 is 18.3 Å². The second-order valence-electron chi connectivity index (χ2n) is 4.55. The molecule has 0 aromatic heterocycles. The van der Waals surface area contributed by atoms with Gasteiger partial charge in [0.15, 0.2) is 0 Å². The quantitative estimate of drug-likeness (QED) is 0.847. The fourth-order valence-electron chi connectivity index (χ4n) is 1.97. The van der Waals surface area contributed by atoms with Gasteiger partial charge in [-0.05, 0) is 11.1 Å². The lowest BCUT2D eigenvalue weighted by Gasteiger charge is -2.22. The molecule has 2 rings (SSSR count). The van der Waals surface area contributed by atoms with Gasteiger partial charge in [-0.2, -0.15) is 0 Å². The van der Waals surface area contributed by atoms with Crippen molar-refractivity contribution in [1.82, 2.24) is 10.6 Å². The normalized spacial score (nSPS) is 18.1. The minimum atomic E-state index is -0.235. The topological polar surface area (TPSA) is 59.6 Å². The van der Waals surface area contributed by atoms with Crippen LogP contribution in [0.4, 0.5) is 0 Å². The van der Waals surface area contributed by atoms with E-state index in [2.05, 4.69) is 10.6 Å². The maximum Gasteiger partial charge on any atom is 0.239 e. The Labute approximate surface area is 125 Å². The summed E-state index contributed by atoms with van der Waals surface area (Å²) in [5, 5.41) is 6.03. The van der Waals surface area contributed by atoms with Crippen LogP contribution in [0.5, 0.6) is 0 Å². The molecule has 1 aliphatic rings. The summed E-state index contributed by atoms with van der Waals surface area (Å²) in [4.78, 5) is 11.9. The molecule has 2 N–H and O–H groups in total. The molecule has 1 heterocycles. The van der Waals surface area contributed by atoms with E-state index in [1.165, 1.54) is 0 Å². The van der Waals surface area contributed by atoms with Crippen molar-refractivity contribution in [3.05, 3.63) is 35.4 Å². The smallest absolute Gasteiger partial charge is 0.239 e. The Balaban J connectivity index is 0.00000200. The predicted octanol–water partition coefficient (Wildman–Crippen LogP) is 0.859. The first-order valence-corrected chi connectivity index (χ1v) is 6.45. The Bertz CT molecular complexity index is 405. The Kier molecular flexibility index (Phi) is 7.54. The van der Waals surface area contributed by atoms with Crippen LogP contribution in [0, 0.1) is 0 Å². The van der Waals surface area contributed by atoms with Gasteiger partial charge >= 0.3 is 0 Å². The van der Waals surface area contributed by atoms with E-state index in [1.807, 2.05) is 24.3 Å². The van der Waals surface area contributed by atoms with Crippen molar-refractivity contribution < 1.29 is 14.3 Å². The van der Waals surface area contributed by atoms with Gasteiger partial charge in [-0.1, -0.05) is 24.3 Å². The molecular formula is C14H21ClN2O3. The van der Waals surface area contributed by atoms with Crippen LogP contribution in [-0.4, -0.2) is 38.8 Å². The Hall–Kier alpha value is -1.14. The minimum Gasteiger partial charge on any atom is -0.380 e. The molecule has 1 atom stereocenters. The number of amides is 1. The third-order valence-electron chi connectivity index (χ3n) is 3.04. The molecule has 0 saturated carbocycles. The van der Waals surface area contributed by atoms with Crippen molar-refractivity contribution in [2.45, 2.75) is 19.2 Å². The van der Waals surface area contributed by atoms with E-state index in [4.69, 9.17) is 9.47 Å². The molecule has 1 saturated heterocycles. The molecular weight excluding hydrogens is 280 g/mol. The number of morpholine rings is 1. The van der Waals surface area contributed by atoms with Crippen LogP contribution >= 0.6 is 12.4 Å². The zero-order valence-corrected chi connectivity index (χ0v) is 12.4. The molecule has 1 fully saturated rings. The third-order valence-corrected chi connectivity index (χ3v) is 3.04. The van der Waals surface area contributed by atoms with E-state index in [0.29, 0.717) is 26.4 Å². The highest BCUT2D eigenvalue weighted by molar-refractivity contribution is 5.85. The molecule has 0 bridgehead atoms. The average Bonchev–Trinajstić information content (AvgIpc) is 2.47. The van der Waals surface area contributed by atoms with Gasteiger partial charge in [-0.3, -0.25) is 4.79 Å². The summed E-state index contributed by atoms with van der Waals surface area (Å²) in [6.07, 6.45) is 0. The first kappa shape index (κ1) is 16.9. The second-order valence-corrected chi connectivity index (χ2v) is 4.55. The van der Waals surface area contributed by atoms with Crippen LogP contribution in [0.3, 0.4) is 0 Å². The van der Waals surface area contributed by atoms with E-state index in [0.717, 1.165) is 17.7 Å². The van der Waals surface area contributed by atoms with Crippen molar-refractivity contribution in [2.24, 2.45) is 0 Å². The van der Waals surface area contributed by atoms with Gasteiger partial charge in [0.05, 0.1) is 19.8 Å². The molecule has 1 aromatic rings. The highest BCUT2D eigenvalue weighted by atomic mass is 35.5. The van der Waals surface area contributed by atoms with Gasteiger partial charge < -0.3 is 20.1 Å². The predicted molar refractivity (Wildman–Crippen MR) is 78.9 cm³/mol. The fraction of sp³-hybridized carbons (Fsp3) is 0.500. The molecule has 0 spiro atoms. The minimum absolute atomic E-state index is 0. The van der Waals surface area contributed by atoms with Gasteiger partial charge in [0, 0.05) is 20.2 Å². The Morgan fingerprint density at radius 1 is 1.40 bits per heavy atom. The molecule has 6 heteroatoms. The summed E-state index contributed by atoms with van der Waals surface area (Å²) in [5.41, 5.74) is 2.20. The van der Waals surface area contributed by atoms with Gasteiger partial charge in [-0.15, -0.1) is 12.4 Å². The molecule has 1 aliphatic heterocycles. The molecule has 0 aliphatic carbocycles. The number of benzene rings is 1. The summed E-state index contributed by atoms with van der Waals surface area (Å²) in [7, 11) is 1.67. The first-order valence-electron chi connectivity index (χ1n) is 6.45. The average molecular weight is 301 g/mol. The number of halogens is 1. The number of hydrogen-bond acceptors (Lipinski definition) is 4. The molecule has 5 nitrogen and oxygen atoms in total. The van der Waals surface area contributed by atoms with E-state index < -0.39 is 0 Å². The number of carbonyl (C=O) groups excluding carboxylic acids is 1. The molecule has 1 amide bonds. The molecule has 1 aromatic carbocycles. The van der Waals surface area contributed by atoms with Gasteiger partial charge in [-0.25, -0.2) is 0 Å². The number of hydrogen-bond donors (Lipinski definition) is 2. The van der Waals surface area contributed by atoms with Gasteiger partial charge in [0.2, 0.25) is 5.91 Å².